The molecule has 2 saturated carbocycles. The summed E-state index contributed by atoms with van der Waals surface area (Å²) in [6.45, 7) is 2.18. The maximum Gasteiger partial charge on any atom is 0.255 e. The third-order valence-corrected chi connectivity index (χ3v) is 11.3. The summed E-state index contributed by atoms with van der Waals surface area (Å²) >= 11 is 0. The van der Waals surface area contributed by atoms with Crippen LogP contribution in [0.3, 0.4) is 0 Å². The highest BCUT2D eigenvalue weighted by molar-refractivity contribution is 5.87. The van der Waals surface area contributed by atoms with Gasteiger partial charge in [-0.05, 0) is 92.8 Å². The fraction of sp³-hybridized carbons (Fsp3) is 0.633. The van der Waals surface area contributed by atoms with Gasteiger partial charge in [0.1, 0.15) is 23.0 Å². The van der Waals surface area contributed by atoms with Crippen molar-refractivity contribution in [1.82, 2.24) is 9.88 Å². The Morgan fingerprint density at radius 2 is 1.89 bits per heavy atom. The smallest absolute Gasteiger partial charge is 0.255 e. The largest absolute Gasteiger partial charge is 0.389 e. The van der Waals surface area contributed by atoms with Gasteiger partial charge < -0.3 is 24.8 Å². The number of hydrogen-bond acceptors (Lipinski definition) is 5. The highest BCUT2D eigenvalue weighted by Gasteiger charge is 2.82. The van der Waals surface area contributed by atoms with Crippen LogP contribution in [0.4, 0.5) is 8.78 Å². The van der Waals surface area contributed by atoms with Crippen LogP contribution >= 0.6 is 0 Å². The van der Waals surface area contributed by atoms with Crippen molar-refractivity contribution >= 4 is 16.3 Å². The molecule has 1 aromatic carbocycles. The number of aromatic nitrogens is 1. The number of benzene rings is 1. The lowest BCUT2D eigenvalue weighted by Gasteiger charge is -2.65. The Kier molecular flexibility index (Phi) is 4.93. The number of likely N-dealkylation sites (N-methyl/N-ethyl adjacent to an activating group) is 1. The second kappa shape index (κ2) is 7.53. The second-order valence-electron chi connectivity index (χ2n) is 13.1. The Bertz CT molecular complexity index is 1430. The summed E-state index contributed by atoms with van der Waals surface area (Å²) in [6, 6.07) is 7.25. The van der Waals surface area contributed by atoms with Crippen molar-refractivity contribution in [3.8, 4) is 0 Å². The first-order chi connectivity index (χ1) is 17.9. The summed E-state index contributed by atoms with van der Waals surface area (Å²) in [5, 5.41) is 23.4. The lowest BCUT2D eigenvalue weighted by Crippen LogP contribution is -2.78. The fourth-order valence-electron chi connectivity index (χ4n) is 9.33. The van der Waals surface area contributed by atoms with Crippen molar-refractivity contribution in [3.05, 3.63) is 52.5 Å². The predicted octanol–water partition coefficient (Wildman–Crippen LogP) is 3.90. The lowest BCUT2D eigenvalue weighted by atomic mass is 9.51. The third kappa shape index (κ3) is 2.77. The van der Waals surface area contributed by atoms with Gasteiger partial charge in [0.2, 0.25) is 0 Å². The summed E-state index contributed by atoms with van der Waals surface area (Å²) in [4.78, 5) is 16.8. The number of halogens is 2. The monoisotopic (exact) mass is 526 g/mol. The van der Waals surface area contributed by atoms with Gasteiger partial charge in [-0.3, -0.25) is 4.79 Å². The molecule has 204 valence electrons. The van der Waals surface area contributed by atoms with Gasteiger partial charge >= 0.3 is 0 Å². The molecule has 1 aromatic heterocycles. The van der Waals surface area contributed by atoms with Crippen molar-refractivity contribution in [2.75, 3.05) is 14.1 Å². The number of allylic oxidation sites excluding steroid dienone is 2. The molecule has 2 aliphatic heterocycles. The molecule has 3 heterocycles. The summed E-state index contributed by atoms with van der Waals surface area (Å²) in [7, 11) is 3.61. The van der Waals surface area contributed by atoms with Crippen LogP contribution in [0.25, 0.3) is 16.3 Å². The Morgan fingerprint density at radius 3 is 2.66 bits per heavy atom. The molecule has 3 unspecified atom stereocenters. The highest BCUT2D eigenvalue weighted by Crippen LogP contribution is 2.74. The van der Waals surface area contributed by atoms with E-state index in [1.165, 1.54) is 0 Å². The van der Waals surface area contributed by atoms with Crippen LogP contribution in [0.5, 0.6) is 0 Å². The van der Waals surface area contributed by atoms with E-state index in [2.05, 4.69) is 18.0 Å². The molecule has 2 saturated heterocycles. The van der Waals surface area contributed by atoms with Gasteiger partial charge in [0, 0.05) is 30.0 Å². The summed E-state index contributed by atoms with van der Waals surface area (Å²) in [5.41, 5.74) is -5.12. The van der Waals surface area contributed by atoms with Gasteiger partial charge in [-0.25, -0.2) is 8.78 Å². The molecule has 0 radical (unpaired) electrons. The molecule has 2 bridgehead atoms. The Hall–Kier alpha value is -2.13. The minimum absolute atomic E-state index is 0.130. The van der Waals surface area contributed by atoms with Crippen LogP contribution in [0.2, 0.25) is 0 Å². The zero-order chi connectivity index (χ0) is 26.9. The molecule has 8 heteroatoms. The normalized spacial score (nSPS) is 47.5. The number of rotatable bonds is 2. The van der Waals surface area contributed by atoms with Crippen molar-refractivity contribution in [2.45, 2.75) is 92.7 Å². The van der Waals surface area contributed by atoms with Crippen LogP contribution in [-0.4, -0.2) is 75.0 Å². The van der Waals surface area contributed by atoms with Crippen molar-refractivity contribution < 1.29 is 23.7 Å². The third-order valence-electron chi connectivity index (χ3n) is 11.3. The topological polar surface area (TPSA) is 85.8 Å². The Labute approximate surface area is 220 Å². The average Bonchev–Trinajstić information content (AvgIpc) is 3.42. The Morgan fingerprint density at radius 1 is 1.11 bits per heavy atom. The Balaban J connectivity index is 1.29. The van der Waals surface area contributed by atoms with Gasteiger partial charge in [-0.2, -0.15) is 0 Å². The minimum Gasteiger partial charge on any atom is -0.389 e. The van der Waals surface area contributed by atoms with Crippen LogP contribution in [0, 0.1) is 11.3 Å². The zero-order valence-electron chi connectivity index (χ0n) is 22.1. The zero-order valence-corrected chi connectivity index (χ0v) is 22.1. The number of alkyl halides is 2. The first-order valence-corrected chi connectivity index (χ1v) is 13.8. The molecular weight excluding hydrogens is 490 g/mol. The molecule has 4 fully saturated rings. The summed E-state index contributed by atoms with van der Waals surface area (Å²) < 4.78 is 41.0. The van der Waals surface area contributed by atoms with E-state index in [0.717, 1.165) is 16.5 Å². The van der Waals surface area contributed by atoms with Crippen molar-refractivity contribution in [3.63, 3.8) is 0 Å². The highest BCUT2D eigenvalue weighted by atomic mass is 19.2. The number of fused-ring (bicyclic) bond motifs is 2. The van der Waals surface area contributed by atoms with Gasteiger partial charge in [0.25, 0.3) is 5.56 Å². The van der Waals surface area contributed by atoms with Gasteiger partial charge in [-0.1, -0.05) is 19.1 Å². The number of ether oxygens (including phenoxy) is 1. The molecule has 9 atom stereocenters. The van der Waals surface area contributed by atoms with Gasteiger partial charge in [-0.15, -0.1) is 0 Å². The number of aromatic amines is 1. The summed E-state index contributed by atoms with van der Waals surface area (Å²) in [5.74, 6) is -0.177. The first-order valence-electron chi connectivity index (χ1n) is 13.8. The van der Waals surface area contributed by atoms with E-state index < -0.39 is 47.2 Å². The quantitative estimate of drug-likeness (QED) is 0.553. The SMILES string of the molecule is CN(C)[C@H]1C[C@@]23CC[C@]4(O2)C2CC=C(c5ccc6c(=O)[nH]ccc6c5)[C@@]2(C)CCC4(F)CC3(F)[C@@H](O)[C@@H]1O. The summed E-state index contributed by atoms with van der Waals surface area (Å²) in [6.07, 6.45) is 2.59. The molecule has 3 N–H and O–H groups in total. The number of nitrogens with zero attached hydrogens (tertiary/aromatic N) is 1. The molecule has 6 nitrogen and oxygen atoms in total. The minimum atomic E-state index is -2.35. The molecule has 5 aliphatic rings. The molecule has 38 heavy (non-hydrogen) atoms. The van der Waals surface area contributed by atoms with Crippen LogP contribution in [0.1, 0.15) is 57.4 Å². The maximum atomic E-state index is 17.2. The van der Waals surface area contributed by atoms with Crippen molar-refractivity contribution in [2.24, 2.45) is 11.3 Å². The van der Waals surface area contributed by atoms with Crippen molar-refractivity contribution in [1.29, 1.82) is 0 Å². The second-order valence-corrected chi connectivity index (χ2v) is 13.1. The number of pyridine rings is 1. The number of hydrogen-bond donors (Lipinski definition) is 3. The molecular formula is C30H36F2N2O4. The van der Waals surface area contributed by atoms with E-state index in [-0.39, 0.29) is 29.7 Å². The molecule has 7 rings (SSSR count). The molecule has 3 aliphatic carbocycles. The standard InChI is InChI=1S/C30H36F2N2O4/c1-26-9-10-27(31)16-29(32)24(36)23(35)21(34(2)3)15-28(29)11-12-30(27,38-28)22(26)7-6-20(26)18-4-5-19-17(14-18)8-13-33-25(19)37/h4-6,8,13-14,21-24,35-36H,7,9-12,15-16H2,1-3H3,(H,33,37)/t21-,22?,23+,24-,26+,27?,28+,29?,30-/m0/s1. The first kappa shape index (κ1) is 24.9. The van der Waals surface area contributed by atoms with E-state index in [4.69, 9.17) is 4.74 Å². The predicted molar refractivity (Wildman–Crippen MR) is 140 cm³/mol. The van der Waals surface area contributed by atoms with Crippen LogP contribution < -0.4 is 5.56 Å². The molecule has 2 spiro atoms. The van der Waals surface area contributed by atoms with E-state index >= 15 is 8.78 Å². The van der Waals surface area contributed by atoms with E-state index in [1.807, 2.05) is 24.3 Å². The molecule has 2 aromatic rings. The fourth-order valence-corrected chi connectivity index (χ4v) is 9.33. The van der Waals surface area contributed by atoms with Crippen LogP contribution in [-0.2, 0) is 4.74 Å². The van der Waals surface area contributed by atoms with Gasteiger partial charge in [0.15, 0.2) is 5.67 Å². The number of aliphatic hydroxyl groups excluding tert-OH is 2. The number of nitrogens with one attached hydrogen (secondary N) is 1. The molecule has 0 amide bonds. The van der Waals surface area contributed by atoms with E-state index in [9.17, 15) is 15.0 Å². The number of H-pyrrole nitrogens is 1. The maximum absolute atomic E-state index is 17.2. The van der Waals surface area contributed by atoms with E-state index in [1.54, 1.807) is 25.2 Å². The van der Waals surface area contributed by atoms with Crippen LogP contribution in [0.15, 0.2) is 41.3 Å². The lowest BCUT2D eigenvalue weighted by molar-refractivity contribution is -0.347. The van der Waals surface area contributed by atoms with E-state index in [0.29, 0.717) is 31.1 Å². The van der Waals surface area contributed by atoms with Gasteiger partial charge in [0.05, 0.1) is 6.10 Å². The average molecular weight is 527 g/mol. The number of aliphatic hydroxyl groups is 2.